The molecule has 0 unspecified atom stereocenters. The minimum absolute atomic E-state index is 0.0150. The third-order valence-electron chi connectivity index (χ3n) is 4.26. The van der Waals surface area contributed by atoms with Crippen LogP contribution in [0.1, 0.15) is 17.7 Å². The molecule has 0 aliphatic carbocycles. The van der Waals surface area contributed by atoms with E-state index in [-0.39, 0.29) is 17.7 Å². The monoisotopic (exact) mass is 392 g/mol. The van der Waals surface area contributed by atoms with Crippen LogP contribution in [0.3, 0.4) is 0 Å². The number of thiophene rings is 1. The van der Waals surface area contributed by atoms with Crippen LogP contribution in [0.5, 0.6) is 0 Å². The van der Waals surface area contributed by atoms with Crippen molar-refractivity contribution in [2.45, 2.75) is 19.4 Å². The summed E-state index contributed by atoms with van der Waals surface area (Å²) in [4.78, 5) is 31.8. The van der Waals surface area contributed by atoms with Crippen molar-refractivity contribution in [1.82, 2.24) is 15.2 Å². The van der Waals surface area contributed by atoms with Gasteiger partial charge in [0.25, 0.3) is 0 Å². The molecule has 2 N–H and O–H groups in total. The Morgan fingerprint density at radius 3 is 2.96 bits per heavy atom. The molecular formula is C18H21ClN4O2S. The van der Waals surface area contributed by atoms with Crippen LogP contribution in [0.2, 0.25) is 5.02 Å². The van der Waals surface area contributed by atoms with E-state index < -0.39 is 0 Å². The Kier molecular flexibility index (Phi) is 6.60. The summed E-state index contributed by atoms with van der Waals surface area (Å²) in [5, 5.41) is 8.27. The minimum Gasteiger partial charge on any atom is -0.350 e. The van der Waals surface area contributed by atoms with E-state index in [2.05, 4.69) is 15.6 Å². The highest BCUT2D eigenvalue weighted by Gasteiger charge is 2.27. The number of anilines is 1. The van der Waals surface area contributed by atoms with Crippen LogP contribution < -0.4 is 10.6 Å². The van der Waals surface area contributed by atoms with Crippen molar-refractivity contribution >= 4 is 40.6 Å². The number of likely N-dealkylation sites (tertiary alicyclic amines) is 1. The molecule has 1 fully saturated rings. The molecule has 6 nitrogen and oxygen atoms in total. The van der Waals surface area contributed by atoms with Crippen molar-refractivity contribution in [2.24, 2.45) is 5.92 Å². The van der Waals surface area contributed by atoms with Gasteiger partial charge in [-0.1, -0.05) is 17.7 Å². The summed E-state index contributed by atoms with van der Waals surface area (Å²) in [5.74, 6) is 0.263. The molecule has 2 amide bonds. The molecule has 26 heavy (non-hydrogen) atoms. The van der Waals surface area contributed by atoms with Crippen molar-refractivity contribution in [3.63, 3.8) is 0 Å². The zero-order valence-corrected chi connectivity index (χ0v) is 15.9. The SMILES string of the molecule is O=C(CN1CCC[C@@H](C(=O)Nc2ccc(Cl)cn2)C1)NCc1cccs1. The van der Waals surface area contributed by atoms with Gasteiger partial charge in [0.1, 0.15) is 5.82 Å². The van der Waals surface area contributed by atoms with E-state index in [0.717, 1.165) is 24.3 Å². The van der Waals surface area contributed by atoms with Gasteiger partial charge in [0.15, 0.2) is 0 Å². The Labute approximate surface area is 161 Å². The first-order chi connectivity index (χ1) is 12.6. The summed E-state index contributed by atoms with van der Waals surface area (Å²) >= 11 is 7.43. The number of pyridine rings is 1. The number of rotatable bonds is 6. The normalized spacial score (nSPS) is 17.7. The van der Waals surface area contributed by atoms with Crippen LogP contribution in [0.4, 0.5) is 5.82 Å². The van der Waals surface area contributed by atoms with Gasteiger partial charge in [-0.15, -0.1) is 11.3 Å². The summed E-state index contributed by atoms with van der Waals surface area (Å²) < 4.78 is 0. The summed E-state index contributed by atoms with van der Waals surface area (Å²) in [6.07, 6.45) is 3.21. The van der Waals surface area contributed by atoms with Crippen LogP contribution in [-0.4, -0.2) is 41.3 Å². The lowest BCUT2D eigenvalue weighted by Gasteiger charge is -2.31. The third-order valence-corrected chi connectivity index (χ3v) is 5.36. The molecule has 138 valence electrons. The van der Waals surface area contributed by atoms with Crippen molar-refractivity contribution in [3.8, 4) is 0 Å². The summed E-state index contributed by atoms with van der Waals surface area (Å²) in [6.45, 7) is 2.27. The average molecular weight is 393 g/mol. The van der Waals surface area contributed by atoms with Gasteiger partial charge >= 0.3 is 0 Å². The van der Waals surface area contributed by atoms with E-state index in [1.54, 1.807) is 23.5 Å². The number of aromatic nitrogens is 1. The van der Waals surface area contributed by atoms with Crippen LogP contribution in [0.15, 0.2) is 35.8 Å². The number of hydrogen-bond donors (Lipinski definition) is 2. The zero-order chi connectivity index (χ0) is 18.4. The van der Waals surface area contributed by atoms with E-state index in [0.29, 0.717) is 30.5 Å². The Morgan fingerprint density at radius 2 is 2.23 bits per heavy atom. The maximum absolute atomic E-state index is 12.5. The second-order valence-electron chi connectivity index (χ2n) is 6.28. The first-order valence-electron chi connectivity index (χ1n) is 8.54. The lowest BCUT2D eigenvalue weighted by Crippen LogP contribution is -2.45. The molecule has 2 aromatic heterocycles. The lowest BCUT2D eigenvalue weighted by molar-refractivity contribution is -0.125. The number of nitrogens with zero attached hydrogens (tertiary/aromatic N) is 2. The van der Waals surface area contributed by atoms with Crippen LogP contribution in [0.25, 0.3) is 0 Å². The summed E-state index contributed by atoms with van der Waals surface area (Å²) in [6, 6.07) is 7.33. The molecule has 1 aliphatic rings. The maximum atomic E-state index is 12.5. The van der Waals surface area contributed by atoms with Crippen LogP contribution >= 0.6 is 22.9 Å². The highest BCUT2D eigenvalue weighted by molar-refractivity contribution is 7.09. The number of halogens is 1. The van der Waals surface area contributed by atoms with Crippen molar-refractivity contribution in [2.75, 3.05) is 25.0 Å². The number of hydrogen-bond acceptors (Lipinski definition) is 5. The third kappa shape index (κ3) is 5.52. The molecular weight excluding hydrogens is 372 g/mol. The molecule has 0 aromatic carbocycles. The van der Waals surface area contributed by atoms with E-state index in [1.165, 1.54) is 6.20 Å². The second kappa shape index (κ2) is 9.12. The van der Waals surface area contributed by atoms with Gasteiger partial charge in [0.2, 0.25) is 11.8 Å². The van der Waals surface area contributed by atoms with Crippen LogP contribution in [0, 0.1) is 5.92 Å². The number of carbonyl (C=O) groups is 2. The average Bonchev–Trinajstić information content (AvgIpc) is 3.16. The molecule has 1 atom stereocenters. The number of carbonyl (C=O) groups excluding carboxylic acids is 2. The van der Waals surface area contributed by atoms with E-state index in [1.807, 2.05) is 22.4 Å². The standard InChI is InChI=1S/C18H21ClN4O2S/c19-14-5-6-16(20-9-14)22-18(25)13-3-1-7-23(11-13)12-17(24)21-10-15-4-2-8-26-15/h2,4-6,8-9,13H,1,3,7,10-12H2,(H,21,24)(H,20,22,25)/t13-/m1/s1. The smallest absolute Gasteiger partial charge is 0.234 e. The van der Waals surface area contributed by atoms with Gasteiger partial charge in [0, 0.05) is 17.6 Å². The maximum Gasteiger partial charge on any atom is 0.234 e. The van der Waals surface area contributed by atoms with Gasteiger partial charge in [0.05, 0.1) is 24.0 Å². The second-order valence-corrected chi connectivity index (χ2v) is 7.75. The molecule has 3 heterocycles. The van der Waals surface area contributed by atoms with Crippen molar-refractivity contribution in [1.29, 1.82) is 0 Å². The number of nitrogens with one attached hydrogen (secondary N) is 2. The van der Waals surface area contributed by atoms with E-state index in [4.69, 9.17) is 11.6 Å². The molecule has 3 rings (SSSR count). The highest BCUT2D eigenvalue weighted by atomic mass is 35.5. The Hall–Kier alpha value is -1.96. The number of piperidine rings is 1. The molecule has 1 aliphatic heterocycles. The van der Waals surface area contributed by atoms with Gasteiger partial charge in [-0.2, -0.15) is 0 Å². The van der Waals surface area contributed by atoms with Crippen molar-refractivity contribution in [3.05, 3.63) is 45.7 Å². The Balaban J connectivity index is 1.46. The van der Waals surface area contributed by atoms with Gasteiger partial charge in [-0.3, -0.25) is 14.5 Å². The first kappa shape index (κ1) is 18.8. The number of amides is 2. The molecule has 0 spiro atoms. The zero-order valence-electron chi connectivity index (χ0n) is 14.3. The highest BCUT2D eigenvalue weighted by Crippen LogP contribution is 2.18. The molecule has 0 bridgehead atoms. The molecule has 8 heteroatoms. The largest absolute Gasteiger partial charge is 0.350 e. The van der Waals surface area contributed by atoms with Crippen LogP contribution in [-0.2, 0) is 16.1 Å². The fourth-order valence-electron chi connectivity index (χ4n) is 2.95. The lowest BCUT2D eigenvalue weighted by atomic mass is 9.97. The quantitative estimate of drug-likeness (QED) is 0.792. The van der Waals surface area contributed by atoms with E-state index in [9.17, 15) is 9.59 Å². The van der Waals surface area contributed by atoms with Crippen molar-refractivity contribution < 1.29 is 9.59 Å². The molecule has 2 aromatic rings. The Morgan fingerprint density at radius 1 is 1.35 bits per heavy atom. The predicted molar refractivity (Wildman–Crippen MR) is 103 cm³/mol. The Bertz CT molecular complexity index is 736. The fourth-order valence-corrected chi connectivity index (χ4v) is 3.71. The minimum atomic E-state index is -0.147. The van der Waals surface area contributed by atoms with Gasteiger partial charge in [-0.25, -0.2) is 4.98 Å². The first-order valence-corrected chi connectivity index (χ1v) is 9.80. The van der Waals surface area contributed by atoms with Gasteiger partial charge in [-0.05, 0) is 43.0 Å². The van der Waals surface area contributed by atoms with Gasteiger partial charge < -0.3 is 10.6 Å². The predicted octanol–water partition coefficient (Wildman–Crippen LogP) is 2.76. The summed E-state index contributed by atoms with van der Waals surface area (Å²) in [5.41, 5.74) is 0. The topological polar surface area (TPSA) is 74.3 Å². The molecule has 0 saturated carbocycles. The fraction of sp³-hybridized carbons (Fsp3) is 0.389. The summed E-state index contributed by atoms with van der Waals surface area (Å²) in [7, 11) is 0. The van der Waals surface area contributed by atoms with E-state index >= 15 is 0 Å². The molecule has 0 radical (unpaired) electrons. The molecule has 1 saturated heterocycles.